The summed E-state index contributed by atoms with van der Waals surface area (Å²) in [4.78, 5) is 16.2. The maximum absolute atomic E-state index is 13.9. The van der Waals surface area contributed by atoms with Crippen LogP contribution in [0, 0.1) is 11.8 Å². The number of anilines is 2. The standard InChI is InChI=1S/C30H34F9N7O.ClH/c1-4-45(15-18-5-7-20(8-6-18)26(47)40-2)25-10-9-22(28(31,32)33)13-21(25)17-46(27-41-43-44(3)42-27)16-19-11-23(29(34,35)36)14-24(12-19)30(37,38)39;/h9-14,18,20H,4-8,15-17H2,1-3H3,(H,40,47);1H. The highest BCUT2D eigenvalue weighted by atomic mass is 35.5. The average molecular weight is 716 g/mol. The minimum absolute atomic E-state index is 0. The second kappa shape index (κ2) is 15.2. The fourth-order valence-corrected chi connectivity index (χ4v) is 5.85. The van der Waals surface area contributed by atoms with E-state index in [-0.39, 0.29) is 47.7 Å². The Hall–Kier alpha value is -3.76. The van der Waals surface area contributed by atoms with Crippen LogP contribution in [0.4, 0.5) is 51.1 Å². The quantitative estimate of drug-likeness (QED) is 0.223. The molecule has 0 aliphatic heterocycles. The second-order valence-electron chi connectivity index (χ2n) is 11.6. The lowest BCUT2D eigenvalue weighted by Gasteiger charge is -2.34. The minimum atomic E-state index is -5.10. The van der Waals surface area contributed by atoms with E-state index in [2.05, 4.69) is 20.7 Å². The van der Waals surface area contributed by atoms with Gasteiger partial charge in [0.2, 0.25) is 5.91 Å². The van der Waals surface area contributed by atoms with Crippen LogP contribution < -0.4 is 15.1 Å². The van der Waals surface area contributed by atoms with Crippen LogP contribution in [0.1, 0.15) is 60.4 Å². The summed E-state index contributed by atoms with van der Waals surface area (Å²) in [6.45, 7) is 1.66. The molecular weight excluding hydrogens is 681 g/mol. The molecule has 1 aliphatic rings. The maximum atomic E-state index is 13.9. The van der Waals surface area contributed by atoms with Gasteiger partial charge in [0.25, 0.3) is 5.95 Å². The largest absolute Gasteiger partial charge is 0.416 e. The van der Waals surface area contributed by atoms with Crippen LogP contribution >= 0.6 is 12.4 Å². The number of benzene rings is 2. The molecule has 0 atom stereocenters. The first-order valence-electron chi connectivity index (χ1n) is 14.8. The normalized spacial score (nSPS) is 17.1. The maximum Gasteiger partial charge on any atom is 0.416 e. The van der Waals surface area contributed by atoms with Crippen LogP contribution in [-0.4, -0.2) is 46.3 Å². The number of aromatic nitrogens is 4. The van der Waals surface area contributed by atoms with Gasteiger partial charge in [-0.15, -0.1) is 17.5 Å². The van der Waals surface area contributed by atoms with Gasteiger partial charge in [-0.25, -0.2) is 0 Å². The van der Waals surface area contributed by atoms with Crippen molar-refractivity contribution in [2.75, 3.05) is 29.9 Å². The molecule has 0 unspecified atom stereocenters. The fourth-order valence-electron chi connectivity index (χ4n) is 5.85. The number of aryl methyl sites for hydroxylation is 1. The van der Waals surface area contributed by atoms with Crippen molar-refractivity contribution in [3.8, 4) is 0 Å². The molecule has 1 N–H and O–H groups in total. The van der Waals surface area contributed by atoms with Crippen molar-refractivity contribution in [1.29, 1.82) is 0 Å². The second-order valence-corrected chi connectivity index (χ2v) is 11.6. The van der Waals surface area contributed by atoms with Crippen LogP contribution in [0.3, 0.4) is 0 Å². The van der Waals surface area contributed by atoms with E-state index in [9.17, 15) is 44.3 Å². The summed E-state index contributed by atoms with van der Waals surface area (Å²) >= 11 is 0. The Labute approximate surface area is 277 Å². The summed E-state index contributed by atoms with van der Waals surface area (Å²) in [6.07, 6.45) is -12.2. The zero-order valence-electron chi connectivity index (χ0n) is 26.2. The summed E-state index contributed by atoms with van der Waals surface area (Å²) < 4.78 is 123. The number of rotatable bonds is 10. The number of halogens is 10. The number of carbonyl (C=O) groups excluding carboxylic acids is 1. The number of nitrogens with one attached hydrogen (secondary N) is 1. The molecule has 0 spiro atoms. The smallest absolute Gasteiger partial charge is 0.371 e. The van der Waals surface area contributed by atoms with Crippen molar-refractivity contribution < 1.29 is 44.3 Å². The SMILES string of the molecule is CCN(CC1CCC(C(=O)NC)CC1)c1ccc(C(F)(F)F)cc1CN(Cc1cc(C(F)(F)F)cc(C(F)(F)F)c1)c1nnn(C)n1.Cl. The van der Waals surface area contributed by atoms with Gasteiger partial charge in [-0.05, 0) is 91.3 Å². The third kappa shape index (κ3) is 9.66. The summed E-state index contributed by atoms with van der Waals surface area (Å²) in [6, 6.07) is 4.26. The van der Waals surface area contributed by atoms with Gasteiger partial charge in [-0.3, -0.25) is 4.79 Å². The molecule has 1 amide bonds. The topological polar surface area (TPSA) is 79.2 Å². The molecule has 1 heterocycles. The first kappa shape index (κ1) is 38.7. The number of tetrazole rings is 1. The lowest BCUT2D eigenvalue weighted by Crippen LogP contribution is -2.36. The van der Waals surface area contributed by atoms with Crippen LogP contribution in [0.15, 0.2) is 36.4 Å². The van der Waals surface area contributed by atoms with E-state index in [1.807, 2.05) is 11.8 Å². The Morgan fingerprint density at radius 3 is 1.92 bits per heavy atom. The van der Waals surface area contributed by atoms with E-state index >= 15 is 0 Å². The first-order valence-corrected chi connectivity index (χ1v) is 14.8. The van der Waals surface area contributed by atoms with Gasteiger partial charge in [0.05, 0.1) is 23.7 Å². The Kier molecular flexibility index (Phi) is 12.3. The minimum Gasteiger partial charge on any atom is -0.371 e. The number of alkyl halides is 9. The van der Waals surface area contributed by atoms with E-state index in [1.165, 1.54) is 18.0 Å². The molecule has 18 heteroatoms. The number of amides is 1. The first-order chi connectivity index (χ1) is 21.9. The molecule has 0 bridgehead atoms. The number of hydrogen-bond acceptors (Lipinski definition) is 6. The van der Waals surface area contributed by atoms with Crippen molar-refractivity contribution in [1.82, 2.24) is 25.5 Å². The third-order valence-electron chi connectivity index (χ3n) is 8.23. The van der Waals surface area contributed by atoms with Gasteiger partial charge in [-0.1, -0.05) is 5.10 Å². The molecule has 4 rings (SSSR count). The lowest BCUT2D eigenvalue weighted by atomic mass is 9.81. The van der Waals surface area contributed by atoms with Gasteiger partial charge < -0.3 is 15.1 Å². The van der Waals surface area contributed by atoms with Gasteiger partial charge in [-0.2, -0.15) is 44.3 Å². The van der Waals surface area contributed by atoms with Crippen LogP contribution in [0.5, 0.6) is 0 Å². The highest BCUT2D eigenvalue weighted by Crippen LogP contribution is 2.38. The molecule has 1 saturated carbocycles. The number of carbonyl (C=O) groups is 1. The molecular formula is C30H35ClF9N7O. The van der Waals surface area contributed by atoms with Gasteiger partial charge in [0.15, 0.2) is 0 Å². The van der Waals surface area contributed by atoms with Crippen molar-refractivity contribution >= 4 is 29.9 Å². The van der Waals surface area contributed by atoms with E-state index in [4.69, 9.17) is 0 Å². The van der Waals surface area contributed by atoms with E-state index < -0.39 is 53.9 Å². The molecule has 1 fully saturated rings. The Bertz CT molecular complexity index is 1500. The molecule has 266 valence electrons. The van der Waals surface area contributed by atoms with E-state index in [1.54, 1.807) is 7.05 Å². The van der Waals surface area contributed by atoms with Crippen molar-refractivity contribution in [2.45, 2.75) is 64.2 Å². The summed E-state index contributed by atoms with van der Waals surface area (Å²) in [5, 5.41) is 14.2. The van der Waals surface area contributed by atoms with Crippen LogP contribution in [0.25, 0.3) is 0 Å². The molecule has 1 aromatic heterocycles. The number of hydrogen-bond donors (Lipinski definition) is 1. The van der Waals surface area contributed by atoms with Crippen LogP contribution in [-0.2, 0) is 43.5 Å². The monoisotopic (exact) mass is 715 g/mol. The average Bonchev–Trinajstić information content (AvgIpc) is 3.44. The van der Waals surface area contributed by atoms with Crippen molar-refractivity contribution in [2.24, 2.45) is 18.9 Å². The van der Waals surface area contributed by atoms with Crippen molar-refractivity contribution in [3.63, 3.8) is 0 Å². The highest BCUT2D eigenvalue weighted by molar-refractivity contribution is 5.85. The van der Waals surface area contributed by atoms with E-state index in [0.717, 1.165) is 29.8 Å². The van der Waals surface area contributed by atoms with E-state index in [0.29, 0.717) is 43.8 Å². The predicted molar refractivity (Wildman–Crippen MR) is 161 cm³/mol. The fraction of sp³-hybridized carbons (Fsp3) is 0.533. The summed E-state index contributed by atoms with van der Waals surface area (Å²) in [7, 11) is 2.95. The molecule has 0 radical (unpaired) electrons. The summed E-state index contributed by atoms with van der Waals surface area (Å²) in [5.74, 6) is -0.233. The molecule has 3 aromatic rings. The van der Waals surface area contributed by atoms with Gasteiger partial charge in [0, 0.05) is 44.8 Å². The Morgan fingerprint density at radius 2 is 1.44 bits per heavy atom. The molecule has 8 nitrogen and oxygen atoms in total. The van der Waals surface area contributed by atoms with Crippen molar-refractivity contribution in [3.05, 3.63) is 64.2 Å². The Morgan fingerprint density at radius 1 is 0.854 bits per heavy atom. The molecule has 1 aliphatic carbocycles. The zero-order chi connectivity index (χ0) is 34.7. The van der Waals surface area contributed by atoms with Crippen LogP contribution in [0.2, 0.25) is 0 Å². The Balaban J connectivity index is 0.00000625. The molecule has 0 saturated heterocycles. The predicted octanol–water partition coefficient (Wildman–Crippen LogP) is 7.27. The summed E-state index contributed by atoms with van der Waals surface area (Å²) in [5.41, 5.74) is -3.94. The third-order valence-corrected chi connectivity index (χ3v) is 8.23. The van der Waals surface area contributed by atoms with Gasteiger partial charge >= 0.3 is 18.5 Å². The lowest BCUT2D eigenvalue weighted by molar-refractivity contribution is -0.143. The highest BCUT2D eigenvalue weighted by Gasteiger charge is 2.37. The zero-order valence-corrected chi connectivity index (χ0v) is 27.0. The molecule has 2 aromatic carbocycles. The molecule has 48 heavy (non-hydrogen) atoms. The van der Waals surface area contributed by atoms with Gasteiger partial charge in [0.1, 0.15) is 0 Å². The number of nitrogens with zero attached hydrogens (tertiary/aromatic N) is 6.